The molecule has 1 heterocycles. The Hall–Kier alpha value is -2.44. The summed E-state index contributed by atoms with van der Waals surface area (Å²) in [5, 5.41) is 5.49. The van der Waals surface area contributed by atoms with Crippen LogP contribution in [-0.2, 0) is 16.0 Å². The lowest BCUT2D eigenvalue weighted by atomic mass is 9.98. The van der Waals surface area contributed by atoms with E-state index in [0.717, 1.165) is 17.7 Å². The third-order valence-electron chi connectivity index (χ3n) is 4.94. The van der Waals surface area contributed by atoms with Crippen LogP contribution in [0.5, 0.6) is 0 Å². The Morgan fingerprint density at radius 2 is 1.96 bits per heavy atom. The summed E-state index contributed by atoms with van der Waals surface area (Å²) in [6.45, 7) is 0.377. The number of nitrogens with zero attached hydrogens (tertiary/aromatic N) is 1. The fraction of sp³-hybridized carbons (Fsp3) is 0.500. The van der Waals surface area contributed by atoms with E-state index in [1.807, 2.05) is 0 Å². The van der Waals surface area contributed by atoms with Crippen molar-refractivity contribution in [1.29, 1.82) is 0 Å². The molecule has 1 aromatic carbocycles. The van der Waals surface area contributed by atoms with Gasteiger partial charge in [0.2, 0.25) is 5.91 Å². The second-order valence-electron chi connectivity index (χ2n) is 6.62. The number of hydrogen-bond acceptors (Lipinski definition) is 3. The van der Waals surface area contributed by atoms with Crippen LogP contribution >= 0.6 is 0 Å². The summed E-state index contributed by atoms with van der Waals surface area (Å²) < 4.78 is 13.5. The van der Waals surface area contributed by atoms with Gasteiger partial charge < -0.3 is 10.6 Å². The summed E-state index contributed by atoms with van der Waals surface area (Å²) >= 11 is 0. The van der Waals surface area contributed by atoms with Crippen LogP contribution in [0.2, 0.25) is 0 Å². The molecule has 0 aromatic heterocycles. The van der Waals surface area contributed by atoms with Crippen molar-refractivity contribution < 1.29 is 18.8 Å². The van der Waals surface area contributed by atoms with E-state index in [4.69, 9.17) is 0 Å². The molecule has 4 amide bonds. The summed E-state index contributed by atoms with van der Waals surface area (Å²) in [4.78, 5) is 37.5. The van der Waals surface area contributed by atoms with Gasteiger partial charge in [-0.15, -0.1) is 0 Å². The Labute approximate surface area is 145 Å². The third kappa shape index (κ3) is 3.65. The highest BCUT2D eigenvalue weighted by molar-refractivity contribution is 6.07. The van der Waals surface area contributed by atoms with E-state index >= 15 is 0 Å². The van der Waals surface area contributed by atoms with E-state index in [-0.39, 0.29) is 30.6 Å². The number of rotatable bonds is 6. The van der Waals surface area contributed by atoms with Crippen LogP contribution in [0, 0.1) is 5.82 Å². The molecule has 1 saturated heterocycles. The fourth-order valence-electron chi connectivity index (χ4n) is 3.54. The number of hydrogen-bond donors (Lipinski definition) is 2. The number of imide groups is 1. The molecule has 0 unspecified atom stereocenters. The van der Waals surface area contributed by atoms with Crippen molar-refractivity contribution in [2.24, 2.45) is 0 Å². The predicted octanol–water partition coefficient (Wildman–Crippen LogP) is 1.74. The van der Waals surface area contributed by atoms with Crippen LogP contribution in [0.25, 0.3) is 0 Å². The van der Waals surface area contributed by atoms with Crippen molar-refractivity contribution in [3.05, 3.63) is 35.6 Å². The van der Waals surface area contributed by atoms with Gasteiger partial charge in [-0.1, -0.05) is 31.0 Å². The molecule has 3 rings (SSSR count). The second-order valence-corrected chi connectivity index (χ2v) is 6.62. The minimum atomic E-state index is -0.738. The van der Waals surface area contributed by atoms with Crippen molar-refractivity contribution in [3.63, 3.8) is 0 Å². The highest BCUT2D eigenvalue weighted by Crippen LogP contribution is 2.34. The van der Waals surface area contributed by atoms with E-state index in [0.29, 0.717) is 31.4 Å². The smallest absolute Gasteiger partial charge is 0.325 e. The molecule has 25 heavy (non-hydrogen) atoms. The molecular formula is C18H22FN3O3. The van der Waals surface area contributed by atoms with E-state index < -0.39 is 11.6 Å². The zero-order chi connectivity index (χ0) is 17.9. The topological polar surface area (TPSA) is 78.5 Å². The lowest BCUT2D eigenvalue weighted by Gasteiger charge is -2.19. The first-order valence-corrected chi connectivity index (χ1v) is 8.66. The molecule has 0 bridgehead atoms. The number of carbonyl (C=O) groups excluding carboxylic acids is 3. The maximum Gasteiger partial charge on any atom is 0.325 e. The normalized spacial score (nSPS) is 18.7. The van der Waals surface area contributed by atoms with Crippen LogP contribution < -0.4 is 10.6 Å². The highest BCUT2D eigenvalue weighted by atomic mass is 19.1. The first-order valence-electron chi connectivity index (χ1n) is 8.66. The molecule has 1 spiro atoms. The summed E-state index contributed by atoms with van der Waals surface area (Å²) in [5.74, 6) is -0.767. The summed E-state index contributed by atoms with van der Waals surface area (Å²) in [5.41, 5.74) is -0.196. The molecule has 134 valence electrons. The van der Waals surface area contributed by atoms with Gasteiger partial charge in [0.15, 0.2) is 0 Å². The van der Waals surface area contributed by atoms with E-state index in [1.165, 1.54) is 6.07 Å². The number of amides is 4. The monoisotopic (exact) mass is 347 g/mol. The van der Waals surface area contributed by atoms with Gasteiger partial charge in [0, 0.05) is 19.5 Å². The van der Waals surface area contributed by atoms with Crippen LogP contribution in [0.1, 0.15) is 37.7 Å². The summed E-state index contributed by atoms with van der Waals surface area (Å²) in [6.07, 6.45) is 3.63. The minimum Gasteiger partial charge on any atom is -0.356 e. The highest BCUT2D eigenvalue weighted by Gasteiger charge is 2.52. The Balaban J connectivity index is 1.44. The van der Waals surface area contributed by atoms with Gasteiger partial charge in [-0.05, 0) is 30.9 Å². The number of carbonyl (C=O) groups is 3. The minimum absolute atomic E-state index is 0.0481. The molecule has 0 atom stereocenters. The quantitative estimate of drug-likeness (QED) is 0.770. The number of benzene rings is 1. The van der Waals surface area contributed by atoms with Crippen LogP contribution in [0.3, 0.4) is 0 Å². The molecule has 0 radical (unpaired) electrons. The van der Waals surface area contributed by atoms with E-state index in [1.54, 1.807) is 18.2 Å². The maximum absolute atomic E-state index is 13.5. The first-order chi connectivity index (χ1) is 12.0. The van der Waals surface area contributed by atoms with Crippen molar-refractivity contribution >= 4 is 17.8 Å². The molecule has 2 N–H and O–H groups in total. The molecule has 1 saturated carbocycles. The molecule has 1 aliphatic heterocycles. The standard InChI is InChI=1S/C18H22FN3O3/c19-14-6-2-1-5-13(14)7-11-20-15(23)8-12-22-16(24)18(21-17(22)25)9-3-4-10-18/h1-2,5-6H,3-4,7-12H2,(H,20,23)(H,21,25). The average molecular weight is 347 g/mol. The average Bonchev–Trinajstić information content (AvgIpc) is 3.14. The van der Waals surface area contributed by atoms with Gasteiger partial charge in [0.25, 0.3) is 5.91 Å². The molecule has 2 fully saturated rings. The molecular weight excluding hydrogens is 325 g/mol. The zero-order valence-electron chi connectivity index (χ0n) is 14.0. The van der Waals surface area contributed by atoms with Gasteiger partial charge >= 0.3 is 6.03 Å². The SMILES string of the molecule is O=C(CCN1C(=O)NC2(CCCC2)C1=O)NCCc1ccccc1F. The van der Waals surface area contributed by atoms with Crippen LogP contribution in [-0.4, -0.2) is 41.4 Å². The molecule has 6 nitrogen and oxygen atoms in total. The fourth-order valence-corrected chi connectivity index (χ4v) is 3.54. The van der Waals surface area contributed by atoms with Gasteiger partial charge in [-0.25, -0.2) is 9.18 Å². The van der Waals surface area contributed by atoms with Crippen molar-refractivity contribution in [3.8, 4) is 0 Å². The molecule has 1 aliphatic carbocycles. The lowest BCUT2D eigenvalue weighted by Crippen LogP contribution is -2.44. The predicted molar refractivity (Wildman–Crippen MR) is 89.2 cm³/mol. The Kier molecular flexibility index (Phi) is 5.01. The van der Waals surface area contributed by atoms with Crippen molar-refractivity contribution in [1.82, 2.24) is 15.5 Å². The Morgan fingerprint density at radius 3 is 2.68 bits per heavy atom. The number of nitrogens with one attached hydrogen (secondary N) is 2. The van der Waals surface area contributed by atoms with Gasteiger partial charge in [-0.3, -0.25) is 14.5 Å². The van der Waals surface area contributed by atoms with Crippen LogP contribution in [0.15, 0.2) is 24.3 Å². The van der Waals surface area contributed by atoms with Gasteiger partial charge in [-0.2, -0.15) is 0 Å². The molecule has 2 aliphatic rings. The maximum atomic E-state index is 13.5. The molecule has 1 aromatic rings. The Bertz CT molecular complexity index is 686. The Morgan fingerprint density at radius 1 is 1.24 bits per heavy atom. The summed E-state index contributed by atoms with van der Waals surface area (Å²) in [6, 6.07) is 6.01. The lowest BCUT2D eigenvalue weighted by molar-refractivity contribution is -0.131. The number of halogens is 1. The van der Waals surface area contributed by atoms with Gasteiger partial charge in [0.1, 0.15) is 11.4 Å². The molecule has 7 heteroatoms. The van der Waals surface area contributed by atoms with E-state index in [9.17, 15) is 18.8 Å². The van der Waals surface area contributed by atoms with Crippen molar-refractivity contribution in [2.45, 2.75) is 44.1 Å². The van der Waals surface area contributed by atoms with E-state index in [2.05, 4.69) is 10.6 Å². The second kappa shape index (κ2) is 7.21. The summed E-state index contributed by atoms with van der Waals surface area (Å²) in [7, 11) is 0. The van der Waals surface area contributed by atoms with Crippen LogP contribution in [0.4, 0.5) is 9.18 Å². The largest absolute Gasteiger partial charge is 0.356 e. The first kappa shape index (κ1) is 17.4. The van der Waals surface area contributed by atoms with Crippen molar-refractivity contribution in [2.75, 3.05) is 13.1 Å². The van der Waals surface area contributed by atoms with Gasteiger partial charge in [0.05, 0.1) is 0 Å². The zero-order valence-corrected chi connectivity index (χ0v) is 14.0. The third-order valence-corrected chi connectivity index (χ3v) is 4.94. The number of urea groups is 1.